The number of carbonyl (C=O) groups is 2. The normalized spacial score (nSPS) is 19.3. The predicted molar refractivity (Wildman–Crippen MR) is 125 cm³/mol. The topological polar surface area (TPSA) is 43.9 Å². The molecule has 0 radical (unpaired) electrons. The molecule has 2 amide bonds. The second kappa shape index (κ2) is 9.68. The van der Waals surface area contributed by atoms with Gasteiger partial charge in [-0.1, -0.05) is 40.9 Å². The molecule has 1 unspecified atom stereocenters. The fourth-order valence-corrected chi connectivity index (χ4v) is 4.85. The first-order valence-electron chi connectivity index (χ1n) is 10.4. The van der Waals surface area contributed by atoms with Gasteiger partial charge in [0.1, 0.15) is 0 Å². The van der Waals surface area contributed by atoms with Crippen LogP contribution < -0.4 is 4.90 Å². The number of carbonyl (C=O) groups excluding carboxylic acids is 2. The van der Waals surface area contributed by atoms with E-state index in [-0.39, 0.29) is 17.9 Å². The van der Waals surface area contributed by atoms with Gasteiger partial charge in [-0.15, -0.1) is 0 Å². The lowest BCUT2D eigenvalue weighted by atomic mass is 10.1. The van der Waals surface area contributed by atoms with E-state index in [2.05, 4.69) is 4.90 Å². The molecular formula is C23H24Cl3N3O2. The van der Waals surface area contributed by atoms with Gasteiger partial charge in [-0.3, -0.25) is 9.59 Å². The van der Waals surface area contributed by atoms with Crippen LogP contribution in [0.3, 0.4) is 0 Å². The highest BCUT2D eigenvalue weighted by Crippen LogP contribution is 2.29. The highest BCUT2D eigenvalue weighted by atomic mass is 35.5. The Bertz CT molecular complexity index is 959. The Hall–Kier alpha value is -1.95. The molecule has 0 aromatic heterocycles. The Kier molecular flexibility index (Phi) is 6.95. The van der Waals surface area contributed by atoms with Crippen LogP contribution in [-0.4, -0.2) is 53.8 Å². The van der Waals surface area contributed by atoms with Gasteiger partial charge in [0.2, 0.25) is 11.8 Å². The van der Waals surface area contributed by atoms with Crippen LogP contribution in [0.4, 0.5) is 5.69 Å². The Labute approximate surface area is 197 Å². The average Bonchev–Trinajstić information content (AvgIpc) is 3.10. The maximum absolute atomic E-state index is 13.0. The van der Waals surface area contributed by atoms with Crippen LogP contribution in [0, 0.1) is 0 Å². The Balaban J connectivity index is 1.34. The van der Waals surface area contributed by atoms with E-state index < -0.39 is 0 Å². The summed E-state index contributed by atoms with van der Waals surface area (Å²) in [5.41, 5.74) is 1.96. The lowest BCUT2D eigenvalue weighted by molar-refractivity contribution is -0.134. The second-order valence-corrected chi connectivity index (χ2v) is 9.28. The van der Waals surface area contributed by atoms with Gasteiger partial charge in [-0.05, 0) is 48.4 Å². The molecule has 8 heteroatoms. The zero-order valence-electron chi connectivity index (χ0n) is 17.1. The van der Waals surface area contributed by atoms with E-state index in [1.807, 2.05) is 35.2 Å². The molecule has 2 aromatic rings. The van der Waals surface area contributed by atoms with Gasteiger partial charge in [0.25, 0.3) is 0 Å². The summed E-state index contributed by atoms with van der Waals surface area (Å²) < 4.78 is 0. The molecule has 2 aliphatic heterocycles. The molecule has 2 saturated heterocycles. The summed E-state index contributed by atoms with van der Waals surface area (Å²) in [6, 6.07) is 13.0. The van der Waals surface area contributed by atoms with Gasteiger partial charge in [0.05, 0.1) is 0 Å². The summed E-state index contributed by atoms with van der Waals surface area (Å²) in [7, 11) is 0. The van der Waals surface area contributed by atoms with Crippen LogP contribution in [0.25, 0.3) is 0 Å². The number of rotatable bonds is 5. The van der Waals surface area contributed by atoms with Crippen molar-refractivity contribution in [1.82, 2.24) is 9.80 Å². The van der Waals surface area contributed by atoms with Gasteiger partial charge in [0.15, 0.2) is 0 Å². The van der Waals surface area contributed by atoms with Crippen LogP contribution in [0.1, 0.15) is 24.8 Å². The van der Waals surface area contributed by atoms with Gasteiger partial charge >= 0.3 is 0 Å². The third-order valence-electron chi connectivity index (χ3n) is 6.04. The van der Waals surface area contributed by atoms with E-state index in [9.17, 15) is 9.59 Å². The first-order valence-corrected chi connectivity index (χ1v) is 11.6. The number of piperazine rings is 1. The zero-order valence-corrected chi connectivity index (χ0v) is 19.3. The quantitative estimate of drug-likeness (QED) is 0.613. The molecule has 0 bridgehead atoms. The highest BCUT2D eigenvalue weighted by Gasteiger charge is 2.34. The van der Waals surface area contributed by atoms with E-state index in [4.69, 9.17) is 34.8 Å². The average molecular weight is 481 g/mol. The highest BCUT2D eigenvalue weighted by molar-refractivity contribution is 6.35. The molecule has 0 saturated carbocycles. The molecule has 164 valence electrons. The molecule has 0 aliphatic carbocycles. The van der Waals surface area contributed by atoms with Crippen molar-refractivity contribution in [2.75, 3.05) is 31.1 Å². The minimum Gasteiger partial charge on any atom is -0.368 e. The molecule has 2 fully saturated rings. The van der Waals surface area contributed by atoms with E-state index in [0.717, 1.165) is 24.3 Å². The van der Waals surface area contributed by atoms with Gasteiger partial charge < -0.3 is 14.7 Å². The summed E-state index contributed by atoms with van der Waals surface area (Å²) in [6.45, 7) is 3.30. The van der Waals surface area contributed by atoms with Crippen LogP contribution in [0.15, 0.2) is 42.5 Å². The van der Waals surface area contributed by atoms with Crippen molar-refractivity contribution in [3.8, 4) is 0 Å². The minimum atomic E-state index is -0.0963. The van der Waals surface area contributed by atoms with Crippen LogP contribution in [0.5, 0.6) is 0 Å². The second-order valence-electron chi connectivity index (χ2n) is 8.00. The predicted octanol–water partition coefficient (Wildman–Crippen LogP) is 4.88. The maximum atomic E-state index is 13.0. The number of amides is 2. The van der Waals surface area contributed by atoms with Gasteiger partial charge in [-0.2, -0.15) is 0 Å². The Morgan fingerprint density at radius 1 is 0.935 bits per heavy atom. The molecule has 2 heterocycles. The first-order chi connectivity index (χ1) is 14.9. The van der Waals surface area contributed by atoms with E-state index in [1.54, 1.807) is 17.0 Å². The van der Waals surface area contributed by atoms with Crippen LogP contribution in [-0.2, 0) is 16.1 Å². The zero-order chi connectivity index (χ0) is 22.0. The number of hydrogen-bond donors (Lipinski definition) is 0. The third-order valence-corrected chi connectivity index (χ3v) is 6.88. The molecule has 0 spiro atoms. The minimum absolute atomic E-state index is 0.0661. The smallest absolute Gasteiger partial charge is 0.224 e. The monoisotopic (exact) mass is 479 g/mol. The summed E-state index contributed by atoms with van der Waals surface area (Å²) in [5.74, 6) is 0.166. The molecule has 2 aromatic carbocycles. The lowest BCUT2D eigenvalue weighted by Crippen LogP contribution is -2.50. The number of anilines is 1. The Morgan fingerprint density at radius 2 is 1.61 bits per heavy atom. The molecule has 1 atom stereocenters. The molecule has 4 rings (SSSR count). The van der Waals surface area contributed by atoms with Crippen molar-refractivity contribution in [3.63, 3.8) is 0 Å². The SMILES string of the molecule is O=C(CC1CCC(=O)N1Cc1ccc(Cl)cc1Cl)N1CCN(c2ccc(Cl)cc2)CC1. The number of likely N-dealkylation sites (tertiary alicyclic amines) is 1. The van der Waals surface area contributed by atoms with Crippen LogP contribution >= 0.6 is 34.8 Å². The van der Waals surface area contributed by atoms with Gasteiger partial charge in [-0.25, -0.2) is 0 Å². The lowest BCUT2D eigenvalue weighted by Gasteiger charge is -2.37. The summed E-state index contributed by atoms with van der Waals surface area (Å²) in [4.78, 5) is 31.4. The number of halogens is 3. The summed E-state index contributed by atoms with van der Waals surface area (Å²) in [5, 5.41) is 1.81. The van der Waals surface area contributed by atoms with Crippen LogP contribution in [0.2, 0.25) is 15.1 Å². The van der Waals surface area contributed by atoms with E-state index in [1.165, 1.54) is 0 Å². The number of benzene rings is 2. The molecule has 5 nitrogen and oxygen atoms in total. The maximum Gasteiger partial charge on any atom is 0.224 e. The van der Waals surface area contributed by atoms with Crippen molar-refractivity contribution in [1.29, 1.82) is 0 Å². The van der Waals surface area contributed by atoms with Crippen molar-refractivity contribution >= 4 is 52.3 Å². The van der Waals surface area contributed by atoms with E-state index >= 15 is 0 Å². The van der Waals surface area contributed by atoms with Crippen molar-refractivity contribution in [3.05, 3.63) is 63.1 Å². The van der Waals surface area contributed by atoms with Crippen molar-refractivity contribution < 1.29 is 9.59 Å². The van der Waals surface area contributed by atoms with E-state index in [0.29, 0.717) is 54.0 Å². The fourth-order valence-electron chi connectivity index (χ4n) is 4.25. The standard InChI is InChI=1S/C23H24Cl3N3O2/c24-17-3-5-19(6-4-17)27-9-11-28(12-10-27)23(31)14-20-7-8-22(30)29(20)15-16-1-2-18(25)13-21(16)26/h1-6,13,20H,7-12,14-15H2. The van der Waals surface area contributed by atoms with Crippen molar-refractivity contribution in [2.45, 2.75) is 31.8 Å². The summed E-state index contributed by atoms with van der Waals surface area (Å²) in [6.07, 6.45) is 1.51. The molecule has 31 heavy (non-hydrogen) atoms. The molecule has 0 N–H and O–H groups in total. The van der Waals surface area contributed by atoms with Gasteiger partial charge in [0, 0.05) is 72.4 Å². The fraction of sp³-hybridized carbons (Fsp3) is 0.391. The molecule has 2 aliphatic rings. The third kappa shape index (κ3) is 5.28. The first kappa shape index (κ1) is 22.3. The summed E-state index contributed by atoms with van der Waals surface area (Å²) >= 11 is 18.2. The Morgan fingerprint density at radius 3 is 2.29 bits per heavy atom. The van der Waals surface area contributed by atoms with Crippen molar-refractivity contribution in [2.24, 2.45) is 0 Å². The number of hydrogen-bond acceptors (Lipinski definition) is 3. The molecular weight excluding hydrogens is 457 g/mol. The number of nitrogens with zero attached hydrogens (tertiary/aromatic N) is 3. The largest absolute Gasteiger partial charge is 0.368 e.